The Morgan fingerprint density at radius 1 is 1.10 bits per heavy atom. The Morgan fingerprint density at radius 2 is 1.86 bits per heavy atom. The van der Waals surface area contributed by atoms with Crippen LogP contribution in [-0.2, 0) is 0 Å². The largest absolute Gasteiger partial charge is 0.310 e. The smallest absolute Gasteiger partial charge is 0.0390 e. The van der Waals surface area contributed by atoms with Crippen LogP contribution in [0.4, 0.5) is 0 Å². The van der Waals surface area contributed by atoms with Crippen molar-refractivity contribution in [2.24, 2.45) is 5.92 Å². The van der Waals surface area contributed by atoms with E-state index in [-0.39, 0.29) is 0 Å². The van der Waals surface area contributed by atoms with Crippen LogP contribution in [0, 0.1) is 5.92 Å². The lowest BCUT2D eigenvalue weighted by Crippen LogP contribution is -2.29. The molecule has 1 nitrogen and oxygen atoms in total. The molecule has 1 saturated carbocycles. The molecule has 1 unspecified atom stereocenters. The highest BCUT2D eigenvalue weighted by atomic mass is 32.1. The van der Waals surface area contributed by atoms with Crippen molar-refractivity contribution in [3.63, 3.8) is 0 Å². The van der Waals surface area contributed by atoms with E-state index in [1.807, 2.05) is 11.3 Å². The highest BCUT2D eigenvalue weighted by Gasteiger charge is 2.24. The average Bonchev–Trinajstić information content (AvgIpc) is 2.93. The molecule has 2 aromatic rings. The van der Waals surface area contributed by atoms with Crippen LogP contribution < -0.4 is 5.32 Å². The summed E-state index contributed by atoms with van der Waals surface area (Å²) in [4.78, 5) is 0. The van der Waals surface area contributed by atoms with Crippen LogP contribution in [0.2, 0.25) is 0 Å². The lowest BCUT2D eigenvalue weighted by atomic mass is 9.82. The third kappa shape index (κ3) is 3.49. The summed E-state index contributed by atoms with van der Waals surface area (Å²) in [6.45, 7) is 3.30. The number of benzene rings is 1. The lowest BCUT2D eigenvalue weighted by molar-refractivity contribution is 0.293. The Balaban J connectivity index is 1.90. The predicted molar refractivity (Wildman–Crippen MR) is 94.1 cm³/mol. The van der Waals surface area contributed by atoms with Crippen LogP contribution >= 0.6 is 11.3 Å². The second kappa shape index (κ2) is 7.42. The minimum Gasteiger partial charge on any atom is -0.310 e. The first kappa shape index (κ1) is 15.1. The van der Waals surface area contributed by atoms with Gasteiger partial charge in [-0.05, 0) is 47.7 Å². The van der Waals surface area contributed by atoms with Crippen molar-refractivity contribution >= 4 is 21.4 Å². The Kier molecular flexibility index (Phi) is 5.32. The molecule has 0 aliphatic heterocycles. The van der Waals surface area contributed by atoms with Crippen LogP contribution in [-0.4, -0.2) is 6.54 Å². The van der Waals surface area contributed by atoms with Gasteiger partial charge in [0.15, 0.2) is 0 Å². The minimum atomic E-state index is 0.537. The molecular weight excluding hydrogens is 274 g/mol. The van der Waals surface area contributed by atoms with E-state index in [0.29, 0.717) is 6.04 Å². The number of nitrogens with one attached hydrogen (secondary N) is 1. The first-order valence-electron chi connectivity index (χ1n) is 8.59. The summed E-state index contributed by atoms with van der Waals surface area (Å²) in [6, 6.07) is 9.62. The van der Waals surface area contributed by atoms with Gasteiger partial charge < -0.3 is 5.32 Å². The summed E-state index contributed by atoms with van der Waals surface area (Å²) in [5.74, 6) is 0.804. The van der Waals surface area contributed by atoms with Gasteiger partial charge in [-0.15, -0.1) is 11.3 Å². The van der Waals surface area contributed by atoms with E-state index in [0.717, 1.165) is 12.5 Å². The molecule has 0 radical (unpaired) electrons. The summed E-state index contributed by atoms with van der Waals surface area (Å²) >= 11 is 1.90. The zero-order chi connectivity index (χ0) is 14.5. The summed E-state index contributed by atoms with van der Waals surface area (Å²) in [5, 5.41) is 7.45. The molecular formula is C19H27NS. The van der Waals surface area contributed by atoms with Crippen molar-refractivity contribution in [3.05, 3.63) is 35.2 Å². The summed E-state index contributed by atoms with van der Waals surface area (Å²) < 4.78 is 1.49. The fourth-order valence-electron chi connectivity index (χ4n) is 3.83. The van der Waals surface area contributed by atoms with Crippen LogP contribution in [0.3, 0.4) is 0 Å². The normalized spacial score (nSPS) is 19.3. The van der Waals surface area contributed by atoms with Crippen LogP contribution in [0.15, 0.2) is 29.6 Å². The molecule has 1 aromatic heterocycles. The second-order valence-corrected chi connectivity index (χ2v) is 7.24. The fourth-order valence-corrected chi connectivity index (χ4v) is 4.79. The molecule has 2 heteroatoms. The van der Waals surface area contributed by atoms with Gasteiger partial charge in [0.05, 0.1) is 0 Å². The highest BCUT2D eigenvalue weighted by molar-refractivity contribution is 7.17. The molecule has 114 valence electrons. The monoisotopic (exact) mass is 301 g/mol. The van der Waals surface area contributed by atoms with Crippen LogP contribution in [0.5, 0.6) is 0 Å². The zero-order valence-corrected chi connectivity index (χ0v) is 13.9. The van der Waals surface area contributed by atoms with E-state index >= 15 is 0 Å². The van der Waals surface area contributed by atoms with Crippen LogP contribution in [0.1, 0.15) is 63.5 Å². The molecule has 0 spiro atoms. The van der Waals surface area contributed by atoms with E-state index < -0.39 is 0 Å². The molecule has 21 heavy (non-hydrogen) atoms. The van der Waals surface area contributed by atoms with Gasteiger partial charge in [0.25, 0.3) is 0 Å². The maximum Gasteiger partial charge on any atom is 0.0390 e. The van der Waals surface area contributed by atoms with Gasteiger partial charge in [0.1, 0.15) is 0 Å². The molecule has 1 atom stereocenters. The Hall–Kier alpha value is -0.860. The first-order valence-corrected chi connectivity index (χ1v) is 9.47. The molecule has 1 heterocycles. The molecule has 1 aliphatic carbocycles. The van der Waals surface area contributed by atoms with Gasteiger partial charge in [-0.3, -0.25) is 0 Å². The van der Waals surface area contributed by atoms with Crippen LogP contribution in [0.25, 0.3) is 10.1 Å². The maximum atomic E-state index is 3.81. The molecule has 1 aromatic carbocycles. The Bertz CT molecular complexity index is 551. The van der Waals surface area contributed by atoms with Gasteiger partial charge in [-0.1, -0.05) is 57.2 Å². The van der Waals surface area contributed by atoms with E-state index in [9.17, 15) is 0 Å². The molecule has 3 rings (SSSR count). The van der Waals surface area contributed by atoms with Gasteiger partial charge in [-0.25, -0.2) is 0 Å². The van der Waals surface area contributed by atoms with Crippen molar-refractivity contribution in [2.45, 2.75) is 57.9 Å². The summed E-state index contributed by atoms with van der Waals surface area (Å²) in [6.07, 6.45) is 9.90. The van der Waals surface area contributed by atoms with Crippen molar-refractivity contribution in [1.82, 2.24) is 5.32 Å². The molecule has 0 bridgehead atoms. The molecule has 1 fully saturated rings. The molecule has 0 amide bonds. The van der Waals surface area contributed by atoms with Gasteiger partial charge in [0.2, 0.25) is 0 Å². The van der Waals surface area contributed by atoms with Crippen molar-refractivity contribution in [1.29, 1.82) is 0 Å². The van der Waals surface area contributed by atoms with E-state index in [2.05, 4.69) is 41.9 Å². The topological polar surface area (TPSA) is 12.0 Å². The number of hydrogen-bond acceptors (Lipinski definition) is 2. The molecule has 1 aliphatic rings. The van der Waals surface area contributed by atoms with E-state index in [1.54, 1.807) is 0 Å². The quantitative estimate of drug-likeness (QED) is 0.740. The Morgan fingerprint density at radius 3 is 2.62 bits per heavy atom. The Labute approximate surface area is 132 Å². The third-order valence-electron chi connectivity index (χ3n) is 4.89. The fraction of sp³-hybridized carbons (Fsp3) is 0.579. The number of rotatable bonds is 4. The zero-order valence-electron chi connectivity index (χ0n) is 13.1. The second-order valence-electron chi connectivity index (χ2n) is 6.33. The number of thiophene rings is 1. The molecule has 0 saturated heterocycles. The molecule has 1 N–H and O–H groups in total. The highest BCUT2D eigenvalue weighted by Crippen LogP contribution is 2.37. The van der Waals surface area contributed by atoms with E-state index in [1.165, 1.54) is 60.6 Å². The lowest BCUT2D eigenvalue weighted by Gasteiger charge is -2.30. The maximum absolute atomic E-state index is 3.81. The minimum absolute atomic E-state index is 0.537. The summed E-state index contributed by atoms with van der Waals surface area (Å²) in [5.41, 5.74) is 1.54. The van der Waals surface area contributed by atoms with Crippen molar-refractivity contribution in [2.75, 3.05) is 6.54 Å². The number of fused-ring (bicyclic) bond motifs is 1. The number of hydrogen-bond donors (Lipinski definition) is 1. The standard InChI is InChI=1S/C19H27NS/c1-2-20-18(15-9-6-4-3-5-7-10-15)17-12-8-11-16-13-14-21-19(16)17/h8,11-15,18,20H,2-7,9-10H2,1H3. The van der Waals surface area contributed by atoms with Gasteiger partial charge >= 0.3 is 0 Å². The van der Waals surface area contributed by atoms with Crippen molar-refractivity contribution in [3.8, 4) is 0 Å². The van der Waals surface area contributed by atoms with Gasteiger partial charge in [-0.2, -0.15) is 0 Å². The van der Waals surface area contributed by atoms with E-state index in [4.69, 9.17) is 0 Å². The van der Waals surface area contributed by atoms with Crippen molar-refractivity contribution < 1.29 is 0 Å². The predicted octanol–water partition coefficient (Wildman–Crippen LogP) is 5.91. The summed E-state index contributed by atoms with van der Waals surface area (Å²) in [7, 11) is 0. The average molecular weight is 301 g/mol. The SMILES string of the molecule is CCNC(c1cccc2ccsc12)C1CCCCCCC1. The van der Waals surface area contributed by atoms with Gasteiger partial charge in [0, 0.05) is 10.7 Å². The third-order valence-corrected chi connectivity index (χ3v) is 5.87. The first-order chi connectivity index (χ1) is 10.4.